The normalized spacial score (nSPS) is 9.73. The average molecular weight is 171 g/mol. The summed E-state index contributed by atoms with van der Waals surface area (Å²) in [5, 5.41) is 0.414. The molecule has 0 nitrogen and oxygen atoms in total. The summed E-state index contributed by atoms with van der Waals surface area (Å²) in [7, 11) is 0. The fourth-order valence-electron chi connectivity index (χ4n) is 0.906. The molecule has 0 fully saturated rings. The standard InChI is InChI=1S/C9H8ClF/c1-6(2)9-7(10)4-3-5-8(9)11/h3-5H,1H2,2H3. The zero-order valence-electron chi connectivity index (χ0n) is 6.20. The maximum Gasteiger partial charge on any atom is 0.132 e. The topological polar surface area (TPSA) is 0 Å². The van der Waals surface area contributed by atoms with Crippen LogP contribution in [-0.4, -0.2) is 0 Å². The number of halogens is 2. The van der Waals surface area contributed by atoms with E-state index in [0.29, 0.717) is 16.2 Å². The molecule has 0 N–H and O–H groups in total. The fourth-order valence-corrected chi connectivity index (χ4v) is 1.23. The van der Waals surface area contributed by atoms with Gasteiger partial charge in [0.1, 0.15) is 5.82 Å². The van der Waals surface area contributed by atoms with Crippen molar-refractivity contribution in [2.45, 2.75) is 6.92 Å². The van der Waals surface area contributed by atoms with Crippen molar-refractivity contribution < 1.29 is 4.39 Å². The monoisotopic (exact) mass is 170 g/mol. The lowest BCUT2D eigenvalue weighted by Crippen LogP contribution is -1.86. The molecule has 0 aliphatic rings. The molecule has 2 heteroatoms. The average Bonchev–Trinajstić information content (AvgIpc) is 1.85. The van der Waals surface area contributed by atoms with Gasteiger partial charge >= 0.3 is 0 Å². The second-order valence-electron chi connectivity index (χ2n) is 2.38. The van der Waals surface area contributed by atoms with Crippen LogP contribution >= 0.6 is 11.6 Å². The highest BCUT2D eigenvalue weighted by atomic mass is 35.5. The molecule has 0 unspecified atom stereocenters. The van der Waals surface area contributed by atoms with Crippen molar-refractivity contribution in [3.8, 4) is 0 Å². The Morgan fingerprint density at radius 3 is 2.55 bits per heavy atom. The van der Waals surface area contributed by atoms with Gasteiger partial charge in [-0.15, -0.1) is 0 Å². The molecular weight excluding hydrogens is 163 g/mol. The molecule has 0 spiro atoms. The molecule has 1 aromatic carbocycles. The quantitative estimate of drug-likeness (QED) is 0.605. The van der Waals surface area contributed by atoms with Crippen LogP contribution in [0.25, 0.3) is 5.57 Å². The Morgan fingerprint density at radius 1 is 1.55 bits per heavy atom. The summed E-state index contributed by atoms with van der Waals surface area (Å²) in [6.07, 6.45) is 0. The SMILES string of the molecule is C=C(C)c1c(F)cccc1Cl. The Kier molecular flexibility index (Phi) is 2.30. The van der Waals surface area contributed by atoms with Gasteiger partial charge < -0.3 is 0 Å². The zero-order chi connectivity index (χ0) is 8.43. The minimum absolute atomic E-state index is 0.315. The lowest BCUT2D eigenvalue weighted by Gasteiger charge is -2.03. The molecule has 0 saturated carbocycles. The van der Waals surface area contributed by atoms with E-state index in [4.69, 9.17) is 11.6 Å². The molecule has 0 heterocycles. The van der Waals surface area contributed by atoms with Crippen molar-refractivity contribution in [2.75, 3.05) is 0 Å². The van der Waals surface area contributed by atoms with Crippen molar-refractivity contribution in [3.63, 3.8) is 0 Å². The van der Waals surface area contributed by atoms with E-state index < -0.39 is 0 Å². The zero-order valence-corrected chi connectivity index (χ0v) is 6.95. The summed E-state index contributed by atoms with van der Waals surface area (Å²) in [4.78, 5) is 0. The smallest absolute Gasteiger partial charge is 0.132 e. The predicted molar refractivity (Wildman–Crippen MR) is 46.1 cm³/mol. The third-order valence-corrected chi connectivity index (χ3v) is 1.70. The van der Waals surface area contributed by atoms with E-state index in [2.05, 4.69) is 6.58 Å². The van der Waals surface area contributed by atoms with Crippen LogP contribution in [0.1, 0.15) is 12.5 Å². The summed E-state index contributed by atoms with van der Waals surface area (Å²) in [5.74, 6) is -0.315. The van der Waals surface area contributed by atoms with Gasteiger partial charge in [-0.25, -0.2) is 4.39 Å². The molecule has 1 aromatic rings. The molecule has 0 bridgehead atoms. The molecule has 0 atom stereocenters. The summed E-state index contributed by atoms with van der Waals surface area (Å²) in [6, 6.07) is 4.59. The van der Waals surface area contributed by atoms with Crippen LogP contribution in [0.4, 0.5) is 4.39 Å². The van der Waals surface area contributed by atoms with Crippen LogP contribution in [0, 0.1) is 5.82 Å². The Balaban J connectivity index is 3.32. The minimum Gasteiger partial charge on any atom is -0.206 e. The summed E-state index contributed by atoms with van der Waals surface area (Å²) >= 11 is 5.72. The summed E-state index contributed by atoms with van der Waals surface area (Å²) in [5.41, 5.74) is 1.06. The second-order valence-corrected chi connectivity index (χ2v) is 2.78. The first kappa shape index (κ1) is 8.28. The summed E-state index contributed by atoms with van der Waals surface area (Å²) in [6.45, 7) is 5.35. The van der Waals surface area contributed by atoms with Gasteiger partial charge in [0.15, 0.2) is 0 Å². The van der Waals surface area contributed by atoms with Crippen molar-refractivity contribution in [1.29, 1.82) is 0 Å². The van der Waals surface area contributed by atoms with Crippen molar-refractivity contribution in [2.24, 2.45) is 0 Å². The lowest BCUT2D eigenvalue weighted by molar-refractivity contribution is 0.624. The number of benzene rings is 1. The molecule has 0 aliphatic heterocycles. The third kappa shape index (κ3) is 1.60. The number of hydrogen-bond acceptors (Lipinski definition) is 0. The Morgan fingerprint density at radius 2 is 2.18 bits per heavy atom. The molecule has 1 rings (SSSR count). The van der Waals surface area contributed by atoms with Crippen molar-refractivity contribution in [3.05, 3.63) is 41.2 Å². The Bertz CT molecular complexity index is 271. The maximum atomic E-state index is 13.0. The van der Waals surface area contributed by atoms with E-state index >= 15 is 0 Å². The molecule has 0 aromatic heterocycles. The van der Waals surface area contributed by atoms with E-state index in [9.17, 15) is 4.39 Å². The van der Waals surface area contributed by atoms with Gasteiger partial charge in [-0.05, 0) is 24.6 Å². The number of allylic oxidation sites excluding steroid dienone is 1. The summed E-state index contributed by atoms with van der Waals surface area (Å²) < 4.78 is 13.0. The Hall–Kier alpha value is -0.820. The van der Waals surface area contributed by atoms with Crippen LogP contribution in [0.5, 0.6) is 0 Å². The van der Waals surface area contributed by atoms with Gasteiger partial charge in [-0.3, -0.25) is 0 Å². The van der Waals surface area contributed by atoms with E-state index in [0.717, 1.165) is 0 Å². The molecular formula is C9H8ClF. The van der Waals surface area contributed by atoms with Gasteiger partial charge in [0.25, 0.3) is 0 Å². The van der Waals surface area contributed by atoms with E-state index in [1.165, 1.54) is 6.07 Å². The first-order chi connectivity index (χ1) is 5.13. The second kappa shape index (κ2) is 3.05. The van der Waals surface area contributed by atoms with E-state index in [1.807, 2.05) is 0 Å². The van der Waals surface area contributed by atoms with Crippen LogP contribution in [0.15, 0.2) is 24.8 Å². The van der Waals surface area contributed by atoms with Gasteiger partial charge in [0.05, 0.1) is 5.02 Å². The van der Waals surface area contributed by atoms with E-state index in [1.54, 1.807) is 19.1 Å². The third-order valence-electron chi connectivity index (χ3n) is 1.39. The van der Waals surface area contributed by atoms with Gasteiger partial charge in [0, 0.05) is 5.56 Å². The highest BCUT2D eigenvalue weighted by Crippen LogP contribution is 2.24. The fraction of sp³-hybridized carbons (Fsp3) is 0.111. The minimum atomic E-state index is -0.315. The van der Waals surface area contributed by atoms with Crippen LogP contribution in [0.3, 0.4) is 0 Å². The van der Waals surface area contributed by atoms with Crippen LogP contribution in [-0.2, 0) is 0 Å². The molecule has 58 valence electrons. The predicted octanol–water partition coefficient (Wildman–Crippen LogP) is 3.51. The van der Waals surface area contributed by atoms with E-state index in [-0.39, 0.29) is 5.82 Å². The maximum absolute atomic E-state index is 13.0. The lowest BCUT2D eigenvalue weighted by atomic mass is 10.1. The number of rotatable bonds is 1. The first-order valence-corrected chi connectivity index (χ1v) is 3.60. The van der Waals surface area contributed by atoms with Crippen molar-refractivity contribution in [1.82, 2.24) is 0 Å². The molecule has 11 heavy (non-hydrogen) atoms. The van der Waals surface area contributed by atoms with Crippen molar-refractivity contribution >= 4 is 17.2 Å². The molecule has 0 aliphatic carbocycles. The number of hydrogen-bond donors (Lipinski definition) is 0. The molecule has 0 amide bonds. The first-order valence-electron chi connectivity index (χ1n) is 3.23. The van der Waals surface area contributed by atoms with Crippen LogP contribution < -0.4 is 0 Å². The van der Waals surface area contributed by atoms with Gasteiger partial charge in [-0.1, -0.05) is 24.2 Å². The Labute approximate surface area is 70.3 Å². The van der Waals surface area contributed by atoms with Crippen LogP contribution in [0.2, 0.25) is 5.02 Å². The highest BCUT2D eigenvalue weighted by Gasteiger charge is 2.05. The highest BCUT2D eigenvalue weighted by molar-refractivity contribution is 6.32. The van der Waals surface area contributed by atoms with Gasteiger partial charge in [-0.2, -0.15) is 0 Å². The molecule has 0 radical (unpaired) electrons. The molecule has 0 saturated heterocycles. The largest absolute Gasteiger partial charge is 0.206 e. The van der Waals surface area contributed by atoms with Gasteiger partial charge in [0.2, 0.25) is 0 Å².